The van der Waals surface area contributed by atoms with Crippen LogP contribution in [0.2, 0.25) is 10.0 Å². The molecule has 1 atom stereocenters. The minimum Gasteiger partial charge on any atom is -0.324 e. The number of rotatable bonds is 2. The molecule has 5 heteroatoms. The first-order chi connectivity index (χ1) is 8.49. The lowest BCUT2D eigenvalue weighted by atomic mass is 10.1. The summed E-state index contributed by atoms with van der Waals surface area (Å²) < 4.78 is 0. The zero-order valence-electron chi connectivity index (χ0n) is 10.1. The number of hydrogen-bond donors (Lipinski definition) is 1. The Morgan fingerprint density at radius 1 is 1.22 bits per heavy atom. The fourth-order valence-electron chi connectivity index (χ4n) is 1.70. The zero-order valence-corrected chi connectivity index (χ0v) is 11.6. The van der Waals surface area contributed by atoms with E-state index in [0.717, 1.165) is 16.8 Å². The molecule has 18 heavy (non-hydrogen) atoms. The van der Waals surface area contributed by atoms with E-state index in [1.165, 1.54) is 0 Å². The minimum absolute atomic E-state index is 0.0761. The molecule has 1 aromatic carbocycles. The predicted octanol–water partition coefficient (Wildman–Crippen LogP) is 3.78. The first-order valence-corrected chi connectivity index (χ1v) is 6.29. The summed E-state index contributed by atoms with van der Waals surface area (Å²) in [7, 11) is 0. The van der Waals surface area contributed by atoms with Gasteiger partial charge in [-0.3, -0.25) is 0 Å². The lowest BCUT2D eigenvalue weighted by Gasteiger charge is -2.10. The minimum atomic E-state index is -0.0761. The van der Waals surface area contributed by atoms with Crippen molar-refractivity contribution in [3.05, 3.63) is 45.7 Å². The molecular weight excluding hydrogens is 269 g/mol. The Bertz CT molecular complexity index is 582. The van der Waals surface area contributed by atoms with Crippen molar-refractivity contribution < 1.29 is 0 Å². The Morgan fingerprint density at radius 3 is 2.50 bits per heavy atom. The van der Waals surface area contributed by atoms with Gasteiger partial charge in [-0.15, -0.1) is 0 Å². The third kappa shape index (κ3) is 2.64. The Morgan fingerprint density at radius 2 is 1.94 bits per heavy atom. The second kappa shape index (κ2) is 5.22. The van der Waals surface area contributed by atoms with Crippen LogP contribution in [0.5, 0.6) is 0 Å². The monoisotopic (exact) mass is 281 g/mol. The highest BCUT2D eigenvalue weighted by molar-refractivity contribution is 6.42. The highest BCUT2D eigenvalue weighted by Gasteiger charge is 2.09. The van der Waals surface area contributed by atoms with Crippen molar-refractivity contribution >= 4 is 23.2 Å². The van der Waals surface area contributed by atoms with Crippen LogP contribution in [-0.4, -0.2) is 9.97 Å². The number of hydrogen-bond acceptors (Lipinski definition) is 3. The van der Waals surface area contributed by atoms with Gasteiger partial charge in [-0.05, 0) is 32.0 Å². The molecule has 0 radical (unpaired) electrons. The third-order valence-electron chi connectivity index (χ3n) is 2.69. The van der Waals surface area contributed by atoms with Gasteiger partial charge in [0.05, 0.1) is 10.0 Å². The van der Waals surface area contributed by atoms with Crippen LogP contribution < -0.4 is 5.73 Å². The molecule has 0 aliphatic carbocycles. The van der Waals surface area contributed by atoms with Crippen molar-refractivity contribution in [3.8, 4) is 11.4 Å². The molecule has 1 heterocycles. The molecule has 1 aromatic heterocycles. The average Bonchev–Trinajstić information content (AvgIpc) is 2.32. The normalized spacial score (nSPS) is 12.5. The standard InChI is InChI=1S/C13H13Cl2N3/c1-7(16)10-6-17-13(18-8(10)2)9-3-4-11(14)12(15)5-9/h3-7H,16H2,1-2H3. The van der Waals surface area contributed by atoms with Crippen LogP contribution in [0, 0.1) is 6.92 Å². The maximum atomic E-state index is 5.98. The highest BCUT2D eigenvalue weighted by atomic mass is 35.5. The van der Waals surface area contributed by atoms with Crippen molar-refractivity contribution in [2.45, 2.75) is 19.9 Å². The molecule has 0 aliphatic rings. The second-order valence-corrected chi connectivity index (χ2v) is 4.97. The largest absolute Gasteiger partial charge is 0.324 e. The Hall–Kier alpha value is -1.16. The lowest BCUT2D eigenvalue weighted by Crippen LogP contribution is -2.09. The van der Waals surface area contributed by atoms with Gasteiger partial charge in [-0.1, -0.05) is 23.2 Å². The van der Waals surface area contributed by atoms with Gasteiger partial charge in [-0.25, -0.2) is 9.97 Å². The molecule has 0 fully saturated rings. The van der Waals surface area contributed by atoms with Crippen LogP contribution in [0.25, 0.3) is 11.4 Å². The van der Waals surface area contributed by atoms with Gasteiger partial charge in [0.15, 0.2) is 5.82 Å². The molecule has 0 bridgehead atoms. The summed E-state index contributed by atoms with van der Waals surface area (Å²) in [6, 6.07) is 5.25. The van der Waals surface area contributed by atoms with E-state index < -0.39 is 0 Å². The lowest BCUT2D eigenvalue weighted by molar-refractivity contribution is 0.790. The maximum absolute atomic E-state index is 5.98. The van der Waals surface area contributed by atoms with E-state index in [2.05, 4.69) is 9.97 Å². The van der Waals surface area contributed by atoms with Gasteiger partial charge in [0.1, 0.15) is 0 Å². The highest BCUT2D eigenvalue weighted by Crippen LogP contribution is 2.27. The number of benzene rings is 1. The summed E-state index contributed by atoms with van der Waals surface area (Å²) in [5.41, 5.74) is 8.48. The molecular formula is C13H13Cl2N3. The average molecular weight is 282 g/mol. The Kier molecular flexibility index (Phi) is 3.85. The second-order valence-electron chi connectivity index (χ2n) is 4.15. The van der Waals surface area contributed by atoms with E-state index in [0.29, 0.717) is 15.9 Å². The van der Waals surface area contributed by atoms with E-state index in [9.17, 15) is 0 Å². The molecule has 1 unspecified atom stereocenters. The molecule has 0 aliphatic heterocycles. The van der Waals surface area contributed by atoms with Crippen LogP contribution >= 0.6 is 23.2 Å². The number of aryl methyl sites for hydroxylation is 1. The van der Waals surface area contributed by atoms with Crippen LogP contribution in [0.1, 0.15) is 24.2 Å². The van der Waals surface area contributed by atoms with Gasteiger partial charge in [0.2, 0.25) is 0 Å². The van der Waals surface area contributed by atoms with Gasteiger partial charge in [-0.2, -0.15) is 0 Å². The summed E-state index contributed by atoms with van der Waals surface area (Å²) in [5, 5.41) is 1.01. The number of halogens is 2. The van der Waals surface area contributed by atoms with Crippen LogP contribution in [0.3, 0.4) is 0 Å². The van der Waals surface area contributed by atoms with Gasteiger partial charge in [0.25, 0.3) is 0 Å². The van der Waals surface area contributed by atoms with E-state index in [1.54, 1.807) is 18.3 Å². The van der Waals surface area contributed by atoms with Gasteiger partial charge in [0, 0.05) is 29.1 Å². The van der Waals surface area contributed by atoms with Crippen LogP contribution in [0.15, 0.2) is 24.4 Å². The molecule has 2 aromatic rings. The predicted molar refractivity (Wildman–Crippen MR) is 74.8 cm³/mol. The summed E-state index contributed by atoms with van der Waals surface area (Å²) in [6.45, 7) is 3.83. The first-order valence-electron chi connectivity index (χ1n) is 5.53. The van der Waals surface area contributed by atoms with E-state index in [4.69, 9.17) is 28.9 Å². The quantitative estimate of drug-likeness (QED) is 0.912. The summed E-state index contributed by atoms with van der Waals surface area (Å²) >= 11 is 11.9. The van der Waals surface area contributed by atoms with E-state index in [-0.39, 0.29) is 6.04 Å². The van der Waals surface area contributed by atoms with Crippen LogP contribution in [-0.2, 0) is 0 Å². The smallest absolute Gasteiger partial charge is 0.159 e. The molecule has 0 saturated carbocycles. The Balaban J connectivity index is 2.45. The van der Waals surface area contributed by atoms with Crippen LogP contribution in [0.4, 0.5) is 0 Å². The molecule has 0 spiro atoms. The Labute approximate surface area is 116 Å². The topological polar surface area (TPSA) is 51.8 Å². The van der Waals surface area contributed by atoms with E-state index in [1.807, 2.05) is 19.9 Å². The SMILES string of the molecule is Cc1nc(-c2ccc(Cl)c(Cl)c2)ncc1C(C)N. The summed E-state index contributed by atoms with van der Waals surface area (Å²) in [5.74, 6) is 0.621. The van der Waals surface area contributed by atoms with E-state index >= 15 is 0 Å². The maximum Gasteiger partial charge on any atom is 0.159 e. The number of aromatic nitrogens is 2. The summed E-state index contributed by atoms with van der Waals surface area (Å²) in [6.07, 6.45) is 1.75. The van der Waals surface area contributed by atoms with Crippen molar-refractivity contribution in [3.63, 3.8) is 0 Å². The fourth-order valence-corrected chi connectivity index (χ4v) is 2.00. The van der Waals surface area contributed by atoms with Gasteiger partial charge < -0.3 is 5.73 Å². The molecule has 3 nitrogen and oxygen atoms in total. The number of nitrogens with zero attached hydrogens (tertiary/aromatic N) is 2. The van der Waals surface area contributed by atoms with Crippen molar-refractivity contribution in [1.82, 2.24) is 9.97 Å². The molecule has 2 N–H and O–H groups in total. The zero-order chi connectivity index (χ0) is 13.3. The van der Waals surface area contributed by atoms with Crippen molar-refractivity contribution in [2.75, 3.05) is 0 Å². The van der Waals surface area contributed by atoms with Crippen molar-refractivity contribution in [2.24, 2.45) is 5.73 Å². The third-order valence-corrected chi connectivity index (χ3v) is 3.42. The fraction of sp³-hybridized carbons (Fsp3) is 0.231. The van der Waals surface area contributed by atoms with Gasteiger partial charge >= 0.3 is 0 Å². The molecule has 0 saturated heterocycles. The van der Waals surface area contributed by atoms with Crippen molar-refractivity contribution in [1.29, 1.82) is 0 Å². The molecule has 94 valence electrons. The summed E-state index contributed by atoms with van der Waals surface area (Å²) in [4.78, 5) is 8.75. The number of nitrogens with two attached hydrogens (primary N) is 1. The molecule has 0 amide bonds. The molecule has 2 rings (SSSR count). The first kappa shape index (κ1) is 13.3.